The summed E-state index contributed by atoms with van der Waals surface area (Å²) in [5, 5.41) is 3.10. The highest BCUT2D eigenvalue weighted by atomic mass is 35.5. The van der Waals surface area contributed by atoms with Crippen molar-refractivity contribution in [3.8, 4) is 0 Å². The average molecular weight is 307 g/mol. The smallest absolute Gasteiger partial charge is 0.380 e. The first-order valence-electron chi connectivity index (χ1n) is 6.64. The van der Waals surface area contributed by atoms with Gasteiger partial charge in [-0.2, -0.15) is 13.2 Å². The molecule has 0 aliphatic carbocycles. The molecule has 1 aromatic carbocycles. The van der Waals surface area contributed by atoms with E-state index in [1.54, 1.807) is 0 Å². The predicted molar refractivity (Wildman–Crippen MR) is 75.2 cm³/mol. The number of rotatable bonds is 3. The number of hydrogen-bond donors (Lipinski definition) is 1. The number of alkyl halides is 3. The number of nitrogens with one attached hydrogen (secondary N) is 1. The Balaban J connectivity index is 2.14. The molecule has 6 heteroatoms. The third-order valence-corrected chi connectivity index (χ3v) is 3.83. The van der Waals surface area contributed by atoms with Crippen molar-refractivity contribution in [1.29, 1.82) is 0 Å². The lowest BCUT2D eigenvalue weighted by Gasteiger charge is -2.22. The summed E-state index contributed by atoms with van der Waals surface area (Å²) in [7, 11) is 0. The topological polar surface area (TPSA) is 15.3 Å². The molecule has 1 aliphatic rings. The lowest BCUT2D eigenvalue weighted by Crippen LogP contribution is -2.31. The molecule has 1 fully saturated rings. The maximum absolute atomic E-state index is 13.0. The van der Waals surface area contributed by atoms with Gasteiger partial charge in [0.1, 0.15) is 0 Å². The van der Waals surface area contributed by atoms with Crippen molar-refractivity contribution in [2.45, 2.75) is 38.5 Å². The van der Waals surface area contributed by atoms with Crippen LogP contribution < -0.4 is 5.32 Å². The minimum atomic E-state index is -4.40. The van der Waals surface area contributed by atoms with E-state index in [0.29, 0.717) is 6.04 Å². The van der Waals surface area contributed by atoms with Crippen molar-refractivity contribution in [1.82, 2.24) is 4.90 Å². The highest BCUT2D eigenvalue weighted by Crippen LogP contribution is 2.37. The molecular formula is C14H18ClF3N2. The van der Waals surface area contributed by atoms with Gasteiger partial charge in [0, 0.05) is 35.9 Å². The van der Waals surface area contributed by atoms with Crippen molar-refractivity contribution in [2.24, 2.45) is 0 Å². The summed E-state index contributed by atoms with van der Waals surface area (Å²) in [6, 6.07) is 4.31. The van der Waals surface area contributed by atoms with Crippen molar-refractivity contribution in [2.75, 3.05) is 18.4 Å². The Morgan fingerprint density at radius 1 is 1.35 bits per heavy atom. The molecule has 1 unspecified atom stereocenters. The van der Waals surface area contributed by atoms with Gasteiger partial charge in [0.25, 0.3) is 0 Å². The number of anilines is 1. The maximum Gasteiger partial charge on any atom is 0.418 e. The fourth-order valence-corrected chi connectivity index (χ4v) is 2.64. The molecule has 0 amide bonds. The standard InChI is InChI=1S/C14H18ClF3N2/c1-9(2)20-6-5-11(8-20)19-13-4-3-10(15)7-12(13)14(16,17)18/h3-4,7,9,11,19H,5-6,8H2,1-2H3. The second kappa shape index (κ2) is 5.82. The monoisotopic (exact) mass is 306 g/mol. The van der Waals surface area contributed by atoms with Gasteiger partial charge in [-0.1, -0.05) is 11.6 Å². The quantitative estimate of drug-likeness (QED) is 0.898. The number of hydrogen-bond acceptors (Lipinski definition) is 2. The number of likely N-dealkylation sites (tertiary alicyclic amines) is 1. The normalized spacial score (nSPS) is 20.6. The van der Waals surface area contributed by atoms with Gasteiger partial charge >= 0.3 is 6.18 Å². The zero-order valence-corrected chi connectivity index (χ0v) is 12.2. The Labute approximate surface area is 121 Å². The first-order valence-corrected chi connectivity index (χ1v) is 7.02. The highest BCUT2D eigenvalue weighted by Gasteiger charge is 2.35. The van der Waals surface area contributed by atoms with Gasteiger partial charge in [-0.05, 0) is 38.5 Å². The lowest BCUT2D eigenvalue weighted by atomic mass is 10.1. The molecule has 1 N–H and O–H groups in total. The van der Waals surface area contributed by atoms with E-state index >= 15 is 0 Å². The Morgan fingerprint density at radius 2 is 2.05 bits per heavy atom. The molecule has 2 nitrogen and oxygen atoms in total. The van der Waals surface area contributed by atoms with Crippen LogP contribution in [0.3, 0.4) is 0 Å². The van der Waals surface area contributed by atoms with E-state index in [2.05, 4.69) is 24.1 Å². The van der Waals surface area contributed by atoms with Crippen LogP contribution in [0.4, 0.5) is 18.9 Å². The van der Waals surface area contributed by atoms with Gasteiger partial charge in [-0.15, -0.1) is 0 Å². The van der Waals surface area contributed by atoms with Gasteiger partial charge in [0.15, 0.2) is 0 Å². The molecule has 112 valence electrons. The third kappa shape index (κ3) is 3.58. The van der Waals surface area contributed by atoms with Crippen LogP contribution >= 0.6 is 11.6 Å². The summed E-state index contributed by atoms with van der Waals surface area (Å²) in [6.07, 6.45) is -3.55. The van der Waals surface area contributed by atoms with Crippen LogP contribution in [0, 0.1) is 0 Å². The molecule has 0 aromatic heterocycles. The minimum absolute atomic E-state index is 0.0414. The van der Waals surface area contributed by atoms with Crippen LogP contribution in [0.1, 0.15) is 25.8 Å². The molecule has 0 spiro atoms. The van der Waals surface area contributed by atoms with Gasteiger partial charge < -0.3 is 5.32 Å². The summed E-state index contributed by atoms with van der Waals surface area (Å²) in [5.74, 6) is 0. The van der Waals surface area contributed by atoms with Gasteiger partial charge in [-0.3, -0.25) is 4.90 Å². The van der Waals surface area contributed by atoms with Crippen molar-refractivity contribution in [3.63, 3.8) is 0 Å². The predicted octanol–water partition coefficient (Wildman–Crippen LogP) is 4.25. The van der Waals surface area contributed by atoms with Crippen LogP contribution in [0.15, 0.2) is 18.2 Å². The SMILES string of the molecule is CC(C)N1CCC(Nc2ccc(Cl)cc2C(F)(F)F)C1. The molecule has 1 atom stereocenters. The van der Waals surface area contributed by atoms with Crippen LogP contribution in [0.2, 0.25) is 5.02 Å². The van der Waals surface area contributed by atoms with Gasteiger partial charge in [0.05, 0.1) is 5.56 Å². The van der Waals surface area contributed by atoms with Crippen LogP contribution in [0.5, 0.6) is 0 Å². The molecule has 1 heterocycles. The summed E-state index contributed by atoms with van der Waals surface area (Å²) >= 11 is 5.67. The lowest BCUT2D eigenvalue weighted by molar-refractivity contribution is -0.137. The molecule has 0 bridgehead atoms. The Bertz CT molecular complexity index is 474. The fraction of sp³-hybridized carbons (Fsp3) is 0.571. The summed E-state index contributed by atoms with van der Waals surface area (Å²) in [6.45, 7) is 5.85. The molecular weight excluding hydrogens is 289 g/mol. The van der Waals surface area contributed by atoms with Crippen molar-refractivity contribution < 1.29 is 13.2 Å². The summed E-state index contributed by atoms with van der Waals surface area (Å²) in [5.41, 5.74) is -0.592. The summed E-state index contributed by atoms with van der Waals surface area (Å²) < 4.78 is 39.0. The van der Waals surface area contributed by atoms with Crippen molar-refractivity contribution in [3.05, 3.63) is 28.8 Å². The summed E-state index contributed by atoms with van der Waals surface area (Å²) in [4.78, 5) is 2.25. The molecule has 0 saturated carbocycles. The molecule has 20 heavy (non-hydrogen) atoms. The Morgan fingerprint density at radius 3 is 2.60 bits per heavy atom. The van der Waals surface area contributed by atoms with Crippen LogP contribution in [0.25, 0.3) is 0 Å². The van der Waals surface area contributed by atoms with E-state index in [-0.39, 0.29) is 16.8 Å². The van der Waals surface area contributed by atoms with E-state index in [4.69, 9.17) is 11.6 Å². The first-order chi connectivity index (χ1) is 9.27. The zero-order chi connectivity index (χ0) is 14.9. The van der Waals surface area contributed by atoms with E-state index in [0.717, 1.165) is 25.6 Å². The second-order valence-electron chi connectivity index (χ2n) is 5.41. The number of benzene rings is 1. The van der Waals surface area contributed by atoms with E-state index in [9.17, 15) is 13.2 Å². The van der Waals surface area contributed by atoms with Crippen LogP contribution in [-0.2, 0) is 6.18 Å². The number of halogens is 4. The molecule has 1 saturated heterocycles. The number of nitrogens with zero attached hydrogens (tertiary/aromatic N) is 1. The Kier molecular flexibility index (Phi) is 4.49. The molecule has 2 rings (SSSR count). The first kappa shape index (κ1) is 15.4. The highest BCUT2D eigenvalue weighted by molar-refractivity contribution is 6.30. The largest absolute Gasteiger partial charge is 0.418 e. The van der Waals surface area contributed by atoms with Crippen molar-refractivity contribution >= 4 is 17.3 Å². The Hall–Kier alpha value is -0.940. The fourth-order valence-electron chi connectivity index (χ4n) is 2.47. The maximum atomic E-state index is 13.0. The molecule has 0 radical (unpaired) electrons. The minimum Gasteiger partial charge on any atom is -0.380 e. The molecule has 1 aromatic rings. The van der Waals surface area contributed by atoms with E-state index < -0.39 is 11.7 Å². The van der Waals surface area contributed by atoms with E-state index in [1.165, 1.54) is 12.1 Å². The zero-order valence-electron chi connectivity index (χ0n) is 11.5. The second-order valence-corrected chi connectivity index (χ2v) is 5.84. The van der Waals surface area contributed by atoms with Gasteiger partial charge in [0.2, 0.25) is 0 Å². The van der Waals surface area contributed by atoms with Gasteiger partial charge in [-0.25, -0.2) is 0 Å². The van der Waals surface area contributed by atoms with Crippen LogP contribution in [-0.4, -0.2) is 30.1 Å². The average Bonchev–Trinajstić information content (AvgIpc) is 2.79. The molecule has 1 aliphatic heterocycles. The van der Waals surface area contributed by atoms with E-state index in [1.807, 2.05) is 0 Å². The third-order valence-electron chi connectivity index (χ3n) is 3.60.